The summed E-state index contributed by atoms with van der Waals surface area (Å²) in [5.41, 5.74) is 5.78. The second-order valence-corrected chi connectivity index (χ2v) is 4.21. The van der Waals surface area contributed by atoms with E-state index in [1.165, 1.54) is 0 Å². The van der Waals surface area contributed by atoms with Crippen LogP contribution in [0.5, 0.6) is 0 Å². The van der Waals surface area contributed by atoms with E-state index in [9.17, 15) is 4.79 Å². The molecule has 102 valence electrons. The molecule has 0 saturated heterocycles. The molecule has 0 bridgehead atoms. The lowest BCUT2D eigenvalue weighted by Crippen LogP contribution is -2.45. The summed E-state index contributed by atoms with van der Waals surface area (Å²) in [6.45, 7) is 4.05. The van der Waals surface area contributed by atoms with Crippen molar-refractivity contribution in [2.24, 2.45) is 11.7 Å². The average molecular weight is 256 g/mol. The number of nitrogens with two attached hydrogens (primary N) is 1. The Balaban J connectivity index is 2.31. The zero-order valence-corrected chi connectivity index (χ0v) is 10.7. The smallest absolute Gasteiger partial charge is 0.252 e. The van der Waals surface area contributed by atoms with Gasteiger partial charge in [-0.3, -0.25) is 4.79 Å². The molecule has 0 radical (unpaired) electrons. The number of nitrogens with one attached hydrogen (secondary N) is 1. The van der Waals surface area contributed by atoms with Gasteiger partial charge in [0.25, 0.3) is 5.89 Å². The highest BCUT2D eigenvalue weighted by Gasteiger charge is 2.18. The molecule has 1 aromatic heterocycles. The van der Waals surface area contributed by atoms with Crippen molar-refractivity contribution in [3.63, 3.8) is 0 Å². The van der Waals surface area contributed by atoms with Crippen molar-refractivity contribution in [2.75, 3.05) is 6.54 Å². The normalized spacial score (nSPS) is 14.2. The van der Waals surface area contributed by atoms with Crippen LogP contribution in [0, 0.1) is 5.92 Å². The molecule has 0 aliphatic rings. The number of carbonyl (C=O) groups excluding carboxylic acids is 1. The first-order valence-electron chi connectivity index (χ1n) is 6.04. The van der Waals surface area contributed by atoms with Crippen LogP contribution in [0.1, 0.15) is 32.0 Å². The van der Waals surface area contributed by atoms with E-state index in [4.69, 9.17) is 15.4 Å². The number of aliphatic hydroxyl groups excluding tert-OH is 1. The highest BCUT2D eigenvalue weighted by atomic mass is 16.5. The van der Waals surface area contributed by atoms with Crippen LogP contribution < -0.4 is 11.1 Å². The minimum Gasteiger partial charge on any atom is -0.387 e. The molecule has 18 heavy (non-hydrogen) atoms. The van der Waals surface area contributed by atoms with Crippen molar-refractivity contribution >= 4 is 5.91 Å². The molecule has 1 amide bonds. The second kappa shape index (κ2) is 7.07. The molecular weight excluding hydrogens is 236 g/mol. The molecule has 1 aromatic rings. The maximum atomic E-state index is 11.7. The molecule has 1 heterocycles. The molecule has 7 nitrogen and oxygen atoms in total. The van der Waals surface area contributed by atoms with Crippen molar-refractivity contribution in [1.82, 2.24) is 15.5 Å². The zero-order chi connectivity index (χ0) is 13.5. The van der Waals surface area contributed by atoms with Gasteiger partial charge in [0.2, 0.25) is 5.91 Å². The summed E-state index contributed by atoms with van der Waals surface area (Å²) in [6.07, 6.45) is 1.31. The number of nitrogens with zero attached hydrogens (tertiary/aromatic N) is 2. The second-order valence-electron chi connectivity index (χ2n) is 4.21. The van der Waals surface area contributed by atoms with Gasteiger partial charge in [0.05, 0.1) is 6.04 Å². The minimum atomic E-state index is -0.492. The van der Waals surface area contributed by atoms with Gasteiger partial charge >= 0.3 is 0 Å². The SMILES string of the molecule is CC[C@H](C)[C@H](N)C(=O)NCCc1noc(CO)n1. The highest BCUT2D eigenvalue weighted by molar-refractivity contribution is 5.81. The molecule has 2 atom stereocenters. The van der Waals surface area contributed by atoms with E-state index in [0.29, 0.717) is 18.8 Å². The molecule has 0 fully saturated rings. The van der Waals surface area contributed by atoms with E-state index < -0.39 is 6.04 Å². The van der Waals surface area contributed by atoms with Gasteiger partial charge in [-0.15, -0.1) is 0 Å². The van der Waals surface area contributed by atoms with Crippen LogP contribution >= 0.6 is 0 Å². The molecule has 0 unspecified atom stereocenters. The Bertz CT molecular complexity index is 380. The molecule has 1 rings (SSSR count). The summed E-state index contributed by atoms with van der Waals surface area (Å²) in [5, 5.41) is 15.1. The Kier molecular flexibility index (Phi) is 5.73. The van der Waals surface area contributed by atoms with Gasteiger partial charge in [-0.25, -0.2) is 0 Å². The van der Waals surface area contributed by atoms with Crippen molar-refractivity contribution in [1.29, 1.82) is 0 Å². The van der Waals surface area contributed by atoms with Crippen molar-refractivity contribution in [2.45, 2.75) is 39.3 Å². The van der Waals surface area contributed by atoms with Crippen LogP contribution in [0.2, 0.25) is 0 Å². The van der Waals surface area contributed by atoms with Crippen molar-refractivity contribution in [3.8, 4) is 0 Å². The van der Waals surface area contributed by atoms with E-state index in [1.807, 2.05) is 13.8 Å². The largest absolute Gasteiger partial charge is 0.387 e. The maximum absolute atomic E-state index is 11.7. The predicted octanol–water partition coefficient (Wildman–Crippen LogP) is -0.406. The number of amides is 1. The predicted molar refractivity (Wildman–Crippen MR) is 64.4 cm³/mol. The van der Waals surface area contributed by atoms with Crippen LogP contribution in [-0.2, 0) is 17.8 Å². The molecule has 0 saturated carbocycles. The van der Waals surface area contributed by atoms with Gasteiger partial charge in [-0.2, -0.15) is 4.98 Å². The van der Waals surface area contributed by atoms with Gasteiger partial charge in [0.15, 0.2) is 5.82 Å². The fourth-order valence-electron chi connectivity index (χ4n) is 1.38. The fourth-order valence-corrected chi connectivity index (χ4v) is 1.38. The standard InChI is InChI=1S/C11H20N4O3/c1-3-7(2)10(12)11(17)13-5-4-8-14-9(6-16)18-15-8/h7,10,16H,3-6,12H2,1-2H3,(H,13,17)/t7-,10-/m0/s1. The Morgan fingerprint density at radius 3 is 2.89 bits per heavy atom. The van der Waals surface area contributed by atoms with E-state index in [2.05, 4.69) is 15.5 Å². The van der Waals surface area contributed by atoms with Gasteiger partial charge in [0.1, 0.15) is 6.61 Å². The number of rotatable bonds is 7. The lowest BCUT2D eigenvalue weighted by molar-refractivity contribution is -0.123. The van der Waals surface area contributed by atoms with Crippen LogP contribution in [0.4, 0.5) is 0 Å². The monoisotopic (exact) mass is 256 g/mol. The number of aromatic nitrogens is 2. The molecule has 0 aliphatic carbocycles. The molecule has 0 aromatic carbocycles. The van der Waals surface area contributed by atoms with E-state index in [-0.39, 0.29) is 24.3 Å². The van der Waals surface area contributed by atoms with Crippen LogP contribution in [-0.4, -0.2) is 33.7 Å². The van der Waals surface area contributed by atoms with Gasteiger partial charge in [0, 0.05) is 13.0 Å². The van der Waals surface area contributed by atoms with E-state index in [0.717, 1.165) is 6.42 Å². The summed E-state index contributed by atoms with van der Waals surface area (Å²) in [7, 11) is 0. The van der Waals surface area contributed by atoms with Crippen LogP contribution in [0.25, 0.3) is 0 Å². The number of hydrogen-bond acceptors (Lipinski definition) is 6. The van der Waals surface area contributed by atoms with Crippen LogP contribution in [0.3, 0.4) is 0 Å². The summed E-state index contributed by atoms with van der Waals surface area (Å²) >= 11 is 0. The number of carbonyl (C=O) groups is 1. The topological polar surface area (TPSA) is 114 Å². The number of hydrogen-bond donors (Lipinski definition) is 3. The Morgan fingerprint density at radius 2 is 2.33 bits per heavy atom. The molecule has 0 spiro atoms. The van der Waals surface area contributed by atoms with E-state index >= 15 is 0 Å². The molecule has 7 heteroatoms. The van der Waals surface area contributed by atoms with Gasteiger partial charge in [-0.1, -0.05) is 25.4 Å². The quantitative estimate of drug-likeness (QED) is 0.611. The minimum absolute atomic E-state index is 0.149. The molecule has 4 N–H and O–H groups in total. The average Bonchev–Trinajstić information content (AvgIpc) is 2.84. The van der Waals surface area contributed by atoms with Crippen molar-refractivity contribution < 1.29 is 14.4 Å². The Morgan fingerprint density at radius 1 is 1.61 bits per heavy atom. The first-order chi connectivity index (χ1) is 8.58. The molecule has 0 aliphatic heterocycles. The van der Waals surface area contributed by atoms with Crippen molar-refractivity contribution in [3.05, 3.63) is 11.7 Å². The molecular formula is C11H20N4O3. The zero-order valence-electron chi connectivity index (χ0n) is 10.7. The summed E-state index contributed by atoms with van der Waals surface area (Å²) in [6, 6.07) is -0.492. The summed E-state index contributed by atoms with van der Waals surface area (Å²) < 4.78 is 4.73. The summed E-state index contributed by atoms with van der Waals surface area (Å²) in [5.74, 6) is 0.607. The number of aliphatic hydroxyl groups is 1. The van der Waals surface area contributed by atoms with Gasteiger partial charge < -0.3 is 20.7 Å². The lowest BCUT2D eigenvalue weighted by atomic mass is 9.99. The Labute approximate surface area is 106 Å². The third-order valence-electron chi connectivity index (χ3n) is 2.85. The van der Waals surface area contributed by atoms with Gasteiger partial charge in [-0.05, 0) is 5.92 Å². The van der Waals surface area contributed by atoms with E-state index in [1.54, 1.807) is 0 Å². The first kappa shape index (κ1) is 14.6. The third kappa shape index (κ3) is 4.08. The lowest BCUT2D eigenvalue weighted by Gasteiger charge is -2.17. The first-order valence-corrected chi connectivity index (χ1v) is 6.04. The fraction of sp³-hybridized carbons (Fsp3) is 0.727. The van der Waals surface area contributed by atoms with Crippen LogP contribution in [0.15, 0.2) is 4.52 Å². The third-order valence-corrected chi connectivity index (χ3v) is 2.85. The Hall–Kier alpha value is -1.47. The highest BCUT2D eigenvalue weighted by Crippen LogP contribution is 2.05. The maximum Gasteiger partial charge on any atom is 0.252 e. The summed E-state index contributed by atoms with van der Waals surface area (Å²) in [4.78, 5) is 15.6.